The van der Waals surface area contributed by atoms with E-state index >= 15 is 0 Å². The zero-order valence-corrected chi connectivity index (χ0v) is 18.4. The van der Waals surface area contributed by atoms with Gasteiger partial charge in [-0.15, -0.1) is 12.4 Å². The van der Waals surface area contributed by atoms with Crippen molar-refractivity contribution in [2.24, 2.45) is 5.92 Å². The summed E-state index contributed by atoms with van der Waals surface area (Å²) < 4.78 is 14.0. The number of nitrogens with one attached hydrogen (secondary N) is 1. The van der Waals surface area contributed by atoms with Gasteiger partial charge in [0.25, 0.3) is 5.91 Å². The van der Waals surface area contributed by atoms with Crippen molar-refractivity contribution in [3.05, 3.63) is 58.6 Å². The smallest absolute Gasteiger partial charge is 0.257 e. The largest absolute Gasteiger partial charge is 0.354 e. The van der Waals surface area contributed by atoms with Gasteiger partial charge in [-0.05, 0) is 56.0 Å². The average molecular weight is 449 g/mol. The van der Waals surface area contributed by atoms with Gasteiger partial charge in [0.2, 0.25) is 0 Å². The van der Waals surface area contributed by atoms with E-state index in [2.05, 4.69) is 22.2 Å². The van der Waals surface area contributed by atoms with Crippen molar-refractivity contribution in [1.29, 1.82) is 0 Å². The van der Waals surface area contributed by atoms with Crippen LogP contribution in [0.5, 0.6) is 0 Å². The Kier molecular flexibility index (Phi) is 6.78. The van der Waals surface area contributed by atoms with Crippen LogP contribution in [0.4, 0.5) is 15.8 Å². The van der Waals surface area contributed by atoms with Gasteiger partial charge in [-0.1, -0.05) is 18.5 Å². The first kappa shape index (κ1) is 22.2. The minimum atomic E-state index is -0.526. The number of hydrogen-bond donors (Lipinski definition) is 1. The number of carbonyl (C=O) groups excluding carboxylic acids is 1. The Morgan fingerprint density at radius 2 is 1.97 bits per heavy atom. The number of hydrogen-bond acceptors (Lipinski definition) is 4. The van der Waals surface area contributed by atoms with Crippen LogP contribution >= 0.6 is 24.0 Å². The molecule has 1 aliphatic rings. The lowest BCUT2D eigenvalue weighted by atomic mass is 9.98. The highest BCUT2D eigenvalue weighted by Crippen LogP contribution is 2.31. The zero-order valence-electron chi connectivity index (χ0n) is 16.8. The summed E-state index contributed by atoms with van der Waals surface area (Å²) in [6.07, 6.45) is 3.53. The number of aromatic nitrogens is 2. The Bertz CT molecular complexity index is 1080. The maximum absolute atomic E-state index is 14.0. The molecule has 0 unspecified atom stereocenters. The monoisotopic (exact) mass is 448 g/mol. The SMILES string of the molecule is Cc1ccc2c(Nc3ccc(Cl)c(F)c3)c(C(=O)N3CCC(C)CC3)cnc2n1.Cl. The zero-order chi connectivity index (χ0) is 20.5. The topological polar surface area (TPSA) is 58.1 Å². The highest BCUT2D eigenvalue weighted by molar-refractivity contribution is 6.30. The normalized spacial score (nSPS) is 14.5. The van der Waals surface area contributed by atoms with Crippen molar-refractivity contribution >= 4 is 52.3 Å². The number of anilines is 2. The van der Waals surface area contributed by atoms with Crippen molar-refractivity contribution in [3.8, 4) is 0 Å². The molecular weight excluding hydrogens is 426 g/mol. The molecule has 4 rings (SSSR count). The number of amides is 1. The maximum atomic E-state index is 14.0. The second kappa shape index (κ2) is 9.14. The molecule has 0 saturated carbocycles. The Morgan fingerprint density at radius 3 is 2.67 bits per heavy atom. The molecule has 0 bridgehead atoms. The minimum Gasteiger partial charge on any atom is -0.354 e. The van der Waals surface area contributed by atoms with E-state index in [4.69, 9.17) is 11.6 Å². The molecule has 0 spiro atoms. The Labute approximate surface area is 186 Å². The van der Waals surface area contributed by atoms with E-state index in [0.29, 0.717) is 33.9 Å². The summed E-state index contributed by atoms with van der Waals surface area (Å²) in [6, 6.07) is 8.23. The van der Waals surface area contributed by atoms with E-state index in [-0.39, 0.29) is 23.3 Å². The van der Waals surface area contributed by atoms with E-state index in [9.17, 15) is 9.18 Å². The molecule has 0 atom stereocenters. The maximum Gasteiger partial charge on any atom is 0.257 e. The van der Waals surface area contributed by atoms with Crippen molar-refractivity contribution in [3.63, 3.8) is 0 Å². The van der Waals surface area contributed by atoms with E-state index < -0.39 is 5.82 Å². The molecule has 0 aliphatic carbocycles. The Morgan fingerprint density at radius 1 is 1.23 bits per heavy atom. The highest BCUT2D eigenvalue weighted by atomic mass is 35.5. The van der Waals surface area contributed by atoms with Crippen LogP contribution in [0.3, 0.4) is 0 Å². The summed E-state index contributed by atoms with van der Waals surface area (Å²) in [5.74, 6) is 0.0151. The second-order valence-electron chi connectivity index (χ2n) is 7.60. The molecule has 1 aromatic carbocycles. The lowest BCUT2D eigenvalue weighted by molar-refractivity contribution is 0.0698. The van der Waals surface area contributed by atoms with Gasteiger partial charge in [0, 0.05) is 36.1 Å². The standard InChI is InChI=1S/C22H22ClFN4O.ClH/c1-13-7-9-28(10-8-13)22(29)17-12-25-21-16(5-3-14(2)26-21)20(17)27-15-4-6-18(23)19(24)11-15;/h3-6,11-13H,7-10H2,1-2H3,(H,25,26,27);1H. The van der Waals surface area contributed by atoms with Crippen LogP contribution in [-0.2, 0) is 0 Å². The number of halogens is 3. The minimum absolute atomic E-state index is 0. The van der Waals surface area contributed by atoms with Crippen LogP contribution in [-0.4, -0.2) is 33.9 Å². The Balaban J connectivity index is 0.00000256. The summed E-state index contributed by atoms with van der Waals surface area (Å²) >= 11 is 5.81. The van der Waals surface area contributed by atoms with Crippen LogP contribution in [0.15, 0.2) is 36.5 Å². The molecule has 30 heavy (non-hydrogen) atoms. The summed E-state index contributed by atoms with van der Waals surface area (Å²) in [6.45, 7) is 5.53. The summed E-state index contributed by atoms with van der Waals surface area (Å²) in [5, 5.41) is 3.96. The summed E-state index contributed by atoms with van der Waals surface area (Å²) in [7, 11) is 0. The quantitative estimate of drug-likeness (QED) is 0.552. The molecule has 2 aromatic heterocycles. The average Bonchev–Trinajstić information content (AvgIpc) is 2.71. The molecule has 1 fully saturated rings. The predicted molar refractivity (Wildman–Crippen MR) is 121 cm³/mol. The lowest BCUT2D eigenvalue weighted by Gasteiger charge is -2.31. The van der Waals surface area contributed by atoms with Crippen LogP contribution in [0, 0.1) is 18.7 Å². The highest BCUT2D eigenvalue weighted by Gasteiger charge is 2.25. The number of carbonyl (C=O) groups is 1. The fraction of sp³-hybridized carbons (Fsp3) is 0.318. The van der Waals surface area contributed by atoms with Crippen LogP contribution in [0.1, 0.15) is 35.8 Å². The molecule has 1 N–H and O–H groups in total. The fourth-order valence-corrected chi connectivity index (χ4v) is 3.69. The van der Waals surface area contributed by atoms with E-state index in [1.165, 1.54) is 12.1 Å². The van der Waals surface area contributed by atoms with Crippen LogP contribution < -0.4 is 5.32 Å². The summed E-state index contributed by atoms with van der Waals surface area (Å²) in [5.41, 5.74) is 2.89. The number of piperidine rings is 1. The lowest BCUT2D eigenvalue weighted by Crippen LogP contribution is -2.38. The third-order valence-electron chi connectivity index (χ3n) is 5.36. The number of likely N-dealkylation sites (tertiary alicyclic amines) is 1. The first-order valence-electron chi connectivity index (χ1n) is 9.70. The van der Waals surface area contributed by atoms with E-state index in [1.54, 1.807) is 12.3 Å². The molecule has 8 heteroatoms. The molecule has 1 amide bonds. The van der Waals surface area contributed by atoms with E-state index in [0.717, 1.165) is 31.6 Å². The number of pyridine rings is 2. The van der Waals surface area contributed by atoms with Crippen molar-refractivity contribution < 1.29 is 9.18 Å². The van der Waals surface area contributed by atoms with Crippen molar-refractivity contribution in [1.82, 2.24) is 14.9 Å². The third-order valence-corrected chi connectivity index (χ3v) is 5.67. The molecule has 0 radical (unpaired) electrons. The second-order valence-corrected chi connectivity index (χ2v) is 8.01. The molecule has 158 valence electrons. The molecule has 1 saturated heterocycles. The van der Waals surface area contributed by atoms with Gasteiger partial charge < -0.3 is 10.2 Å². The third kappa shape index (κ3) is 4.50. The van der Waals surface area contributed by atoms with Crippen LogP contribution in [0.25, 0.3) is 11.0 Å². The number of nitrogens with zero attached hydrogens (tertiary/aromatic N) is 3. The fourth-order valence-electron chi connectivity index (χ4n) is 3.57. The Hall–Kier alpha value is -2.44. The molecule has 1 aliphatic heterocycles. The van der Waals surface area contributed by atoms with Gasteiger partial charge in [-0.25, -0.2) is 14.4 Å². The summed E-state index contributed by atoms with van der Waals surface area (Å²) in [4.78, 5) is 24.0. The van der Waals surface area contributed by atoms with Crippen molar-refractivity contribution in [2.75, 3.05) is 18.4 Å². The molecule has 5 nitrogen and oxygen atoms in total. The first-order valence-corrected chi connectivity index (χ1v) is 10.1. The first-order chi connectivity index (χ1) is 13.9. The number of aryl methyl sites for hydroxylation is 1. The number of rotatable bonds is 3. The van der Waals surface area contributed by atoms with Gasteiger partial charge in [-0.3, -0.25) is 4.79 Å². The van der Waals surface area contributed by atoms with Crippen LogP contribution in [0.2, 0.25) is 5.02 Å². The predicted octanol–water partition coefficient (Wildman–Crippen LogP) is 5.77. The van der Waals surface area contributed by atoms with Gasteiger partial charge in [0.05, 0.1) is 16.3 Å². The number of benzene rings is 1. The molecular formula is C22H23Cl2FN4O. The van der Waals surface area contributed by atoms with Gasteiger partial charge >= 0.3 is 0 Å². The van der Waals surface area contributed by atoms with Crippen molar-refractivity contribution in [2.45, 2.75) is 26.7 Å². The molecule has 3 heterocycles. The van der Waals surface area contributed by atoms with Gasteiger partial charge in [0.1, 0.15) is 5.82 Å². The van der Waals surface area contributed by atoms with Gasteiger partial charge in [0.15, 0.2) is 5.65 Å². The molecule has 3 aromatic rings. The van der Waals surface area contributed by atoms with E-state index in [1.807, 2.05) is 24.0 Å². The number of fused-ring (bicyclic) bond motifs is 1. The van der Waals surface area contributed by atoms with Gasteiger partial charge in [-0.2, -0.15) is 0 Å².